The molecule has 1 aromatic rings. The van der Waals surface area contributed by atoms with E-state index in [9.17, 15) is 0 Å². The summed E-state index contributed by atoms with van der Waals surface area (Å²) in [6.07, 6.45) is 0. The molecule has 102 valence electrons. The van der Waals surface area contributed by atoms with Crippen LogP contribution in [0.25, 0.3) is 0 Å². The van der Waals surface area contributed by atoms with Gasteiger partial charge in [-0.05, 0) is 31.6 Å². The topological polar surface area (TPSA) is 24.5 Å². The van der Waals surface area contributed by atoms with Crippen LogP contribution in [0.5, 0.6) is 0 Å². The fraction of sp³-hybridized carbons (Fsp3) is 0.600. The van der Waals surface area contributed by atoms with E-state index < -0.39 is 0 Å². The summed E-state index contributed by atoms with van der Waals surface area (Å²) >= 11 is 0. The summed E-state index contributed by atoms with van der Waals surface area (Å²) < 4.78 is 5.38. The van der Waals surface area contributed by atoms with Crippen molar-refractivity contribution in [1.29, 1.82) is 0 Å². The smallest absolute Gasteiger partial charge is 0.0593 e. The maximum atomic E-state index is 5.38. The van der Waals surface area contributed by atoms with Crippen LogP contribution in [0.4, 0.5) is 0 Å². The molecule has 0 unspecified atom stereocenters. The van der Waals surface area contributed by atoms with Gasteiger partial charge in [0.1, 0.15) is 0 Å². The third kappa shape index (κ3) is 5.63. The minimum absolute atomic E-state index is 0.796. The summed E-state index contributed by atoms with van der Waals surface area (Å²) in [5.41, 5.74) is 2.79. The van der Waals surface area contributed by atoms with E-state index in [0.717, 1.165) is 39.4 Å². The lowest BCUT2D eigenvalue weighted by molar-refractivity contribution is 0.120. The van der Waals surface area contributed by atoms with Crippen molar-refractivity contribution in [3.8, 4) is 0 Å². The van der Waals surface area contributed by atoms with Crippen LogP contribution >= 0.6 is 0 Å². The molecule has 0 spiro atoms. The van der Waals surface area contributed by atoms with Crippen molar-refractivity contribution in [2.45, 2.75) is 26.9 Å². The molecule has 0 atom stereocenters. The Balaban J connectivity index is 2.49. The highest BCUT2D eigenvalue weighted by Gasteiger charge is 2.04. The van der Waals surface area contributed by atoms with Gasteiger partial charge in [0.2, 0.25) is 0 Å². The molecular weight excluding hydrogens is 224 g/mol. The molecule has 1 rings (SSSR count). The van der Waals surface area contributed by atoms with Crippen molar-refractivity contribution in [3.05, 3.63) is 35.4 Å². The quantitative estimate of drug-likeness (QED) is 0.680. The second-order valence-corrected chi connectivity index (χ2v) is 4.48. The van der Waals surface area contributed by atoms with E-state index in [1.807, 2.05) is 6.92 Å². The second kappa shape index (κ2) is 9.09. The zero-order valence-corrected chi connectivity index (χ0v) is 11.9. The van der Waals surface area contributed by atoms with Gasteiger partial charge in [-0.25, -0.2) is 0 Å². The number of likely N-dealkylation sites (N-methyl/N-ethyl adjacent to an activating group) is 1. The molecule has 0 saturated heterocycles. The first-order valence-corrected chi connectivity index (χ1v) is 6.81. The van der Waals surface area contributed by atoms with E-state index in [-0.39, 0.29) is 0 Å². The molecule has 0 saturated carbocycles. The summed E-state index contributed by atoms with van der Waals surface area (Å²) in [7, 11) is 2.14. The Bertz CT molecular complexity index is 328. The van der Waals surface area contributed by atoms with Gasteiger partial charge in [0, 0.05) is 26.2 Å². The van der Waals surface area contributed by atoms with E-state index in [4.69, 9.17) is 4.74 Å². The molecule has 3 heteroatoms. The molecule has 0 bridgehead atoms. The Morgan fingerprint density at radius 2 is 1.89 bits per heavy atom. The zero-order valence-electron chi connectivity index (χ0n) is 11.9. The lowest BCUT2D eigenvalue weighted by atomic mass is 10.1. The van der Waals surface area contributed by atoms with Gasteiger partial charge in [-0.2, -0.15) is 0 Å². The molecule has 1 aromatic carbocycles. The first kappa shape index (κ1) is 15.2. The Morgan fingerprint density at radius 3 is 2.56 bits per heavy atom. The average Bonchev–Trinajstić information content (AvgIpc) is 2.38. The van der Waals surface area contributed by atoms with E-state index >= 15 is 0 Å². The average molecular weight is 250 g/mol. The summed E-state index contributed by atoms with van der Waals surface area (Å²) in [6, 6.07) is 8.63. The van der Waals surface area contributed by atoms with Crippen LogP contribution in [0.15, 0.2) is 24.3 Å². The summed E-state index contributed by atoms with van der Waals surface area (Å²) in [5.74, 6) is 0. The number of nitrogens with one attached hydrogen (secondary N) is 1. The molecule has 0 aliphatic carbocycles. The number of hydrogen-bond donors (Lipinski definition) is 1. The van der Waals surface area contributed by atoms with Crippen molar-refractivity contribution in [1.82, 2.24) is 10.2 Å². The number of benzene rings is 1. The van der Waals surface area contributed by atoms with Crippen molar-refractivity contribution < 1.29 is 4.74 Å². The molecule has 18 heavy (non-hydrogen) atoms. The van der Waals surface area contributed by atoms with Crippen LogP contribution in [0.3, 0.4) is 0 Å². The highest BCUT2D eigenvalue weighted by molar-refractivity contribution is 5.26. The third-order valence-electron chi connectivity index (χ3n) is 2.95. The summed E-state index contributed by atoms with van der Waals surface area (Å²) in [4.78, 5) is 2.31. The first-order chi connectivity index (χ1) is 8.77. The van der Waals surface area contributed by atoms with Crippen molar-refractivity contribution in [2.24, 2.45) is 0 Å². The molecule has 0 amide bonds. The van der Waals surface area contributed by atoms with Gasteiger partial charge >= 0.3 is 0 Å². The van der Waals surface area contributed by atoms with Gasteiger partial charge in [-0.1, -0.05) is 31.2 Å². The van der Waals surface area contributed by atoms with Gasteiger partial charge in [-0.15, -0.1) is 0 Å². The van der Waals surface area contributed by atoms with Gasteiger partial charge in [0.05, 0.1) is 6.61 Å². The highest BCUT2D eigenvalue weighted by atomic mass is 16.5. The van der Waals surface area contributed by atoms with Gasteiger partial charge in [-0.3, -0.25) is 4.90 Å². The molecule has 0 heterocycles. The second-order valence-electron chi connectivity index (χ2n) is 4.48. The van der Waals surface area contributed by atoms with Gasteiger partial charge in [0.25, 0.3) is 0 Å². The Kier molecular flexibility index (Phi) is 7.65. The standard InChI is InChI=1S/C15H26N2O/c1-4-16-12-14-8-6-7-9-15(14)13-17(3)10-11-18-5-2/h6-9,16H,4-5,10-13H2,1-3H3. The fourth-order valence-corrected chi connectivity index (χ4v) is 1.88. The number of ether oxygens (including phenoxy) is 1. The van der Waals surface area contributed by atoms with Crippen molar-refractivity contribution in [2.75, 3.05) is 33.4 Å². The Hall–Kier alpha value is -0.900. The predicted octanol–water partition coefficient (Wildman–Crippen LogP) is 2.26. The zero-order chi connectivity index (χ0) is 13.2. The number of hydrogen-bond acceptors (Lipinski definition) is 3. The number of rotatable bonds is 9. The van der Waals surface area contributed by atoms with E-state index in [1.54, 1.807) is 0 Å². The fourth-order valence-electron chi connectivity index (χ4n) is 1.88. The molecule has 3 nitrogen and oxygen atoms in total. The van der Waals surface area contributed by atoms with Crippen LogP contribution in [-0.2, 0) is 17.8 Å². The lowest BCUT2D eigenvalue weighted by Crippen LogP contribution is -2.24. The highest BCUT2D eigenvalue weighted by Crippen LogP contribution is 2.10. The van der Waals surface area contributed by atoms with Crippen LogP contribution in [0.1, 0.15) is 25.0 Å². The SMILES string of the molecule is CCNCc1ccccc1CN(C)CCOCC. The van der Waals surface area contributed by atoms with Gasteiger partial charge < -0.3 is 10.1 Å². The maximum Gasteiger partial charge on any atom is 0.0593 e. The predicted molar refractivity (Wildman–Crippen MR) is 76.6 cm³/mol. The Labute approximate surface area is 111 Å². The summed E-state index contributed by atoms with van der Waals surface area (Å²) in [6.45, 7) is 9.69. The lowest BCUT2D eigenvalue weighted by Gasteiger charge is -2.18. The molecule has 0 aliphatic rings. The van der Waals surface area contributed by atoms with Crippen LogP contribution in [0.2, 0.25) is 0 Å². The maximum absolute atomic E-state index is 5.38. The van der Waals surface area contributed by atoms with E-state index in [2.05, 4.69) is 48.5 Å². The monoisotopic (exact) mass is 250 g/mol. The van der Waals surface area contributed by atoms with E-state index in [0.29, 0.717) is 0 Å². The molecule has 0 fully saturated rings. The van der Waals surface area contributed by atoms with Crippen LogP contribution in [-0.4, -0.2) is 38.3 Å². The summed E-state index contributed by atoms with van der Waals surface area (Å²) in [5, 5.41) is 3.39. The molecule has 0 aliphatic heterocycles. The largest absolute Gasteiger partial charge is 0.380 e. The molecule has 0 aromatic heterocycles. The Morgan fingerprint density at radius 1 is 1.17 bits per heavy atom. The van der Waals surface area contributed by atoms with Crippen molar-refractivity contribution >= 4 is 0 Å². The van der Waals surface area contributed by atoms with E-state index in [1.165, 1.54) is 11.1 Å². The normalized spacial score (nSPS) is 11.1. The minimum atomic E-state index is 0.796. The van der Waals surface area contributed by atoms with Crippen molar-refractivity contribution in [3.63, 3.8) is 0 Å². The molecular formula is C15H26N2O. The van der Waals surface area contributed by atoms with Crippen LogP contribution in [0, 0.1) is 0 Å². The number of nitrogens with zero attached hydrogens (tertiary/aromatic N) is 1. The third-order valence-corrected chi connectivity index (χ3v) is 2.95. The molecule has 1 N–H and O–H groups in total. The minimum Gasteiger partial charge on any atom is -0.380 e. The molecule has 0 radical (unpaired) electrons. The first-order valence-electron chi connectivity index (χ1n) is 6.81. The van der Waals surface area contributed by atoms with Crippen LogP contribution < -0.4 is 5.32 Å². The van der Waals surface area contributed by atoms with Gasteiger partial charge in [0.15, 0.2) is 0 Å².